The van der Waals surface area contributed by atoms with Crippen molar-refractivity contribution in [2.45, 2.75) is 39.2 Å². The maximum atomic E-state index is 11.9. The quantitative estimate of drug-likeness (QED) is 0.566. The zero-order valence-electron chi connectivity index (χ0n) is 16.7. The Morgan fingerprint density at radius 1 is 0.828 bits per heavy atom. The lowest BCUT2D eigenvalue weighted by atomic mass is 10.0. The first kappa shape index (κ1) is 21.9. The number of hydrazine groups is 1. The molecule has 3 N–H and O–H groups in total. The molecule has 0 bridgehead atoms. The zero-order valence-corrected chi connectivity index (χ0v) is 16.7. The number of nitrogens with one attached hydrogen (secondary N) is 3. The lowest BCUT2D eigenvalue weighted by Gasteiger charge is -2.14. The topological polar surface area (TPSA) is 96.5 Å². The van der Waals surface area contributed by atoms with Gasteiger partial charge in [-0.3, -0.25) is 25.2 Å². The SMILES string of the molecule is CC(C)c1ccccc1OCC(=O)NNC(=O)CCC(=O)NCc1ccccc1. The van der Waals surface area contributed by atoms with Crippen LogP contribution in [0.5, 0.6) is 5.75 Å². The van der Waals surface area contributed by atoms with E-state index in [1.165, 1.54) is 0 Å². The number of rotatable bonds is 9. The smallest absolute Gasteiger partial charge is 0.276 e. The Morgan fingerprint density at radius 2 is 1.45 bits per heavy atom. The van der Waals surface area contributed by atoms with Crippen molar-refractivity contribution in [2.75, 3.05) is 6.61 Å². The van der Waals surface area contributed by atoms with Crippen molar-refractivity contribution in [3.8, 4) is 5.75 Å². The molecule has 29 heavy (non-hydrogen) atoms. The molecule has 0 aliphatic heterocycles. The summed E-state index contributed by atoms with van der Waals surface area (Å²) in [4.78, 5) is 35.5. The fourth-order valence-corrected chi connectivity index (χ4v) is 2.58. The minimum atomic E-state index is -0.481. The van der Waals surface area contributed by atoms with Gasteiger partial charge in [-0.1, -0.05) is 62.4 Å². The Hall–Kier alpha value is -3.35. The molecular formula is C22H27N3O4. The van der Waals surface area contributed by atoms with Gasteiger partial charge in [0.2, 0.25) is 11.8 Å². The first-order valence-corrected chi connectivity index (χ1v) is 9.55. The van der Waals surface area contributed by atoms with E-state index in [0.29, 0.717) is 12.3 Å². The second-order valence-electron chi connectivity index (χ2n) is 6.84. The van der Waals surface area contributed by atoms with E-state index in [4.69, 9.17) is 4.74 Å². The molecule has 0 unspecified atom stereocenters. The average Bonchev–Trinajstić information content (AvgIpc) is 2.74. The van der Waals surface area contributed by atoms with Crippen molar-refractivity contribution in [3.63, 3.8) is 0 Å². The number of ether oxygens (including phenoxy) is 1. The van der Waals surface area contributed by atoms with Crippen LogP contribution in [0.25, 0.3) is 0 Å². The molecule has 0 aliphatic rings. The highest BCUT2D eigenvalue weighted by Gasteiger charge is 2.11. The molecule has 7 nitrogen and oxygen atoms in total. The maximum Gasteiger partial charge on any atom is 0.276 e. The van der Waals surface area contributed by atoms with E-state index >= 15 is 0 Å². The van der Waals surface area contributed by atoms with Gasteiger partial charge in [0, 0.05) is 19.4 Å². The van der Waals surface area contributed by atoms with Crippen LogP contribution in [0.3, 0.4) is 0 Å². The third-order valence-corrected chi connectivity index (χ3v) is 4.15. The van der Waals surface area contributed by atoms with E-state index in [9.17, 15) is 14.4 Å². The summed E-state index contributed by atoms with van der Waals surface area (Å²) in [7, 11) is 0. The number of carbonyl (C=O) groups excluding carboxylic acids is 3. The normalized spacial score (nSPS) is 10.3. The summed E-state index contributed by atoms with van der Waals surface area (Å²) in [5.41, 5.74) is 6.56. The first-order chi connectivity index (χ1) is 14.0. The molecule has 2 aromatic rings. The number of hydrogen-bond acceptors (Lipinski definition) is 4. The molecule has 2 aromatic carbocycles. The van der Waals surface area contributed by atoms with E-state index in [1.807, 2.05) is 62.4 Å². The van der Waals surface area contributed by atoms with Gasteiger partial charge in [-0.25, -0.2) is 0 Å². The van der Waals surface area contributed by atoms with Gasteiger partial charge in [0.15, 0.2) is 6.61 Å². The summed E-state index contributed by atoms with van der Waals surface area (Å²) in [5.74, 6) is -0.258. The standard InChI is InChI=1S/C22H27N3O4/c1-16(2)18-10-6-7-11-19(18)29-15-22(28)25-24-21(27)13-12-20(26)23-14-17-8-4-3-5-9-17/h3-11,16H,12-15H2,1-2H3,(H,23,26)(H,24,27)(H,25,28). The number of carbonyl (C=O) groups is 3. The van der Waals surface area contributed by atoms with Crippen LogP contribution in [0.15, 0.2) is 54.6 Å². The monoisotopic (exact) mass is 397 g/mol. The van der Waals surface area contributed by atoms with Gasteiger partial charge in [0.05, 0.1) is 0 Å². The molecule has 7 heteroatoms. The van der Waals surface area contributed by atoms with Gasteiger partial charge < -0.3 is 10.1 Å². The fourth-order valence-electron chi connectivity index (χ4n) is 2.58. The van der Waals surface area contributed by atoms with E-state index in [0.717, 1.165) is 11.1 Å². The predicted octanol–water partition coefficient (Wildman–Crippen LogP) is 2.43. The van der Waals surface area contributed by atoms with Crippen molar-refractivity contribution in [1.29, 1.82) is 0 Å². The van der Waals surface area contributed by atoms with Gasteiger partial charge in [0.25, 0.3) is 5.91 Å². The number of hydrogen-bond donors (Lipinski definition) is 3. The number of benzene rings is 2. The number of amides is 3. The van der Waals surface area contributed by atoms with Crippen LogP contribution in [0.2, 0.25) is 0 Å². The third kappa shape index (κ3) is 8.04. The minimum absolute atomic E-state index is 0.0298. The molecule has 0 radical (unpaired) electrons. The highest BCUT2D eigenvalue weighted by Crippen LogP contribution is 2.25. The Bertz CT molecular complexity index is 822. The van der Waals surface area contributed by atoms with Crippen molar-refractivity contribution in [3.05, 3.63) is 65.7 Å². The first-order valence-electron chi connectivity index (χ1n) is 9.55. The molecule has 0 atom stereocenters. The lowest BCUT2D eigenvalue weighted by Crippen LogP contribution is -2.44. The summed E-state index contributed by atoms with van der Waals surface area (Å²) < 4.78 is 5.54. The lowest BCUT2D eigenvalue weighted by molar-refractivity contribution is -0.131. The Kier molecular flexibility index (Phi) is 8.69. The molecule has 0 saturated carbocycles. The molecule has 0 fully saturated rings. The van der Waals surface area contributed by atoms with Crippen LogP contribution >= 0.6 is 0 Å². The van der Waals surface area contributed by atoms with E-state index in [1.54, 1.807) is 6.07 Å². The van der Waals surface area contributed by atoms with Crippen molar-refractivity contribution < 1.29 is 19.1 Å². The highest BCUT2D eigenvalue weighted by atomic mass is 16.5. The molecule has 0 aliphatic carbocycles. The van der Waals surface area contributed by atoms with Gasteiger partial charge in [-0.15, -0.1) is 0 Å². The summed E-state index contributed by atoms with van der Waals surface area (Å²) >= 11 is 0. The third-order valence-electron chi connectivity index (χ3n) is 4.15. The Balaban J connectivity index is 1.63. The van der Waals surface area contributed by atoms with Crippen molar-refractivity contribution >= 4 is 17.7 Å². The van der Waals surface area contributed by atoms with Crippen LogP contribution in [0.1, 0.15) is 43.7 Å². The van der Waals surface area contributed by atoms with Crippen molar-refractivity contribution in [1.82, 2.24) is 16.2 Å². The van der Waals surface area contributed by atoms with Crippen LogP contribution in [-0.4, -0.2) is 24.3 Å². The molecule has 2 rings (SSSR count). The molecule has 0 saturated heterocycles. The summed E-state index contributed by atoms with van der Waals surface area (Å²) in [6.45, 7) is 4.27. The molecule has 0 heterocycles. The zero-order chi connectivity index (χ0) is 21.1. The van der Waals surface area contributed by atoms with Crippen LogP contribution in [-0.2, 0) is 20.9 Å². The average molecular weight is 397 g/mol. The number of para-hydroxylation sites is 1. The second kappa shape index (κ2) is 11.5. The second-order valence-corrected chi connectivity index (χ2v) is 6.84. The van der Waals surface area contributed by atoms with Gasteiger partial charge >= 0.3 is 0 Å². The molecule has 154 valence electrons. The summed E-state index contributed by atoms with van der Waals surface area (Å²) in [6, 6.07) is 17.0. The summed E-state index contributed by atoms with van der Waals surface area (Å²) in [5, 5.41) is 2.75. The molecule has 0 spiro atoms. The largest absolute Gasteiger partial charge is 0.483 e. The van der Waals surface area contributed by atoms with Gasteiger partial charge in [0.1, 0.15) is 5.75 Å². The van der Waals surface area contributed by atoms with E-state index in [-0.39, 0.29) is 31.3 Å². The maximum absolute atomic E-state index is 11.9. The van der Waals surface area contributed by atoms with E-state index < -0.39 is 11.8 Å². The Labute approximate surface area is 170 Å². The van der Waals surface area contributed by atoms with E-state index in [2.05, 4.69) is 16.2 Å². The predicted molar refractivity (Wildman–Crippen MR) is 110 cm³/mol. The Morgan fingerprint density at radius 3 is 2.17 bits per heavy atom. The molecule has 0 aromatic heterocycles. The van der Waals surface area contributed by atoms with Crippen molar-refractivity contribution in [2.24, 2.45) is 0 Å². The van der Waals surface area contributed by atoms with Crippen LogP contribution in [0.4, 0.5) is 0 Å². The van der Waals surface area contributed by atoms with Crippen LogP contribution in [0, 0.1) is 0 Å². The fraction of sp³-hybridized carbons (Fsp3) is 0.318. The highest BCUT2D eigenvalue weighted by molar-refractivity contribution is 5.86. The summed E-state index contributed by atoms with van der Waals surface area (Å²) in [6.07, 6.45) is 0.00471. The minimum Gasteiger partial charge on any atom is -0.483 e. The molecular weight excluding hydrogens is 370 g/mol. The molecule has 3 amide bonds. The van der Waals surface area contributed by atoms with Gasteiger partial charge in [-0.2, -0.15) is 0 Å². The van der Waals surface area contributed by atoms with Gasteiger partial charge in [-0.05, 0) is 23.1 Å². The van der Waals surface area contributed by atoms with Crippen LogP contribution < -0.4 is 20.9 Å².